The normalized spacial score (nSPS) is 11.1. The molecule has 1 aromatic carbocycles. The highest BCUT2D eigenvalue weighted by molar-refractivity contribution is 5.93. The molecule has 7 nitrogen and oxygen atoms in total. The lowest BCUT2D eigenvalue weighted by molar-refractivity contribution is 0.0635. The number of ether oxygens (including phenoxy) is 3. The number of carbonyl (C=O) groups is 1. The molecular weight excluding hydrogens is 358 g/mol. The zero-order chi connectivity index (χ0) is 20.1. The quantitative estimate of drug-likeness (QED) is 0.697. The molecule has 0 spiro atoms. The van der Waals surface area contributed by atoms with Gasteiger partial charge in [0.2, 0.25) is 5.88 Å². The molecule has 7 heteroatoms. The Morgan fingerprint density at radius 2 is 1.86 bits per heavy atom. The summed E-state index contributed by atoms with van der Waals surface area (Å²) in [5, 5.41) is 2.70. The van der Waals surface area contributed by atoms with E-state index >= 15 is 0 Å². The minimum absolute atomic E-state index is 0.307. The molecule has 3 aromatic rings. The van der Waals surface area contributed by atoms with Gasteiger partial charge in [-0.15, -0.1) is 0 Å². The van der Waals surface area contributed by atoms with Gasteiger partial charge in [-0.05, 0) is 32.4 Å². The molecule has 0 unspecified atom stereocenters. The molecule has 0 radical (unpaired) electrons. The van der Waals surface area contributed by atoms with Crippen molar-refractivity contribution in [1.29, 1.82) is 0 Å². The van der Waals surface area contributed by atoms with E-state index in [9.17, 15) is 4.79 Å². The van der Waals surface area contributed by atoms with Gasteiger partial charge in [-0.3, -0.25) is 10.3 Å². The summed E-state index contributed by atoms with van der Waals surface area (Å²) >= 11 is 0. The van der Waals surface area contributed by atoms with Crippen molar-refractivity contribution < 1.29 is 19.0 Å². The molecule has 2 aromatic heterocycles. The van der Waals surface area contributed by atoms with Crippen molar-refractivity contribution in [3.63, 3.8) is 0 Å². The fourth-order valence-electron chi connectivity index (χ4n) is 2.52. The molecule has 3 rings (SSSR count). The number of hydrogen-bond donors (Lipinski definition) is 1. The monoisotopic (exact) mass is 381 g/mol. The third kappa shape index (κ3) is 4.88. The number of fused-ring (bicyclic) bond motifs is 1. The van der Waals surface area contributed by atoms with Gasteiger partial charge >= 0.3 is 6.09 Å². The molecule has 146 valence electrons. The van der Waals surface area contributed by atoms with E-state index in [0.29, 0.717) is 35.0 Å². The Kier molecular flexibility index (Phi) is 5.63. The average molecular weight is 381 g/mol. The van der Waals surface area contributed by atoms with Crippen LogP contribution in [0, 0.1) is 0 Å². The summed E-state index contributed by atoms with van der Waals surface area (Å²) < 4.78 is 16.6. The van der Waals surface area contributed by atoms with Crippen LogP contribution in [0.15, 0.2) is 48.7 Å². The first-order valence-electron chi connectivity index (χ1n) is 8.86. The van der Waals surface area contributed by atoms with E-state index in [-0.39, 0.29) is 0 Å². The number of benzene rings is 1. The topological polar surface area (TPSA) is 82.6 Å². The van der Waals surface area contributed by atoms with Crippen LogP contribution in [-0.4, -0.2) is 28.8 Å². The maximum atomic E-state index is 12.3. The number of hydrogen-bond acceptors (Lipinski definition) is 6. The Morgan fingerprint density at radius 3 is 2.54 bits per heavy atom. The van der Waals surface area contributed by atoms with Crippen LogP contribution >= 0.6 is 0 Å². The van der Waals surface area contributed by atoms with Gasteiger partial charge in [0.25, 0.3) is 0 Å². The molecule has 0 fully saturated rings. The Hall–Kier alpha value is -3.35. The summed E-state index contributed by atoms with van der Waals surface area (Å²) in [7, 11) is 1.54. The molecule has 0 bridgehead atoms. The highest BCUT2D eigenvalue weighted by Crippen LogP contribution is 2.33. The summed E-state index contributed by atoms with van der Waals surface area (Å²) in [6.07, 6.45) is 0.932. The first kappa shape index (κ1) is 19.4. The number of pyridine rings is 2. The van der Waals surface area contributed by atoms with Crippen LogP contribution in [0.4, 0.5) is 10.5 Å². The molecule has 2 heterocycles. The smallest absolute Gasteiger partial charge is 0.412 e. The lowest BCUT2D eigenvalue weighted by Gasteiger charge is -2.20. The van der Waals surface area contributed by atoms with Gasteiger partial charge in [-0.1, -0.05) is 30.3 Å². The number of nitrogens with one attached hydrogen (secondary N) is 1. The van der Waals surface area contributed by atoms with Gasteiger partial charge < -0.3 is 14.2 Å². The van der Waals surface area contributed by atoms with E-state index in [1.54, 1.807) is 32.9 Å². The first-order valence-corrected chi connectivity index (χ1v) is 8.86. The third-order valence-electron chi connectivity index (χ3n) is 3.71. The third-order valence-corrected chi connectivity index (χ3v) is 3.71. The van der Waals surface area contributed by atoms with Crippen LogP contribution in [0.1, 0.15) is 26.3 Å². The second-order valence-electron chi connectivity index (χ2n) is 7.12. The van der Waals surface area contributed by atoms with Gasteiger partial charge in [0.05, 0.1) is 18.8 Å². The number of anilines is 1. The van der Waals surface area contributed by atoms with Crippen LogP contribution in [0.25, 0.3) is 11.0 Å². The second-order valence-corrected chi connectivity index (χ2v) is 7.12. The van der Waals surface area contributed by atoms with Crippen molar-refractivity contribution >= 4 is 22.8 Å². The average Bonchev–Trinajstić information content (AvgIpc) is 2.66. The highest BCUT2D eigenvalue weighted by atomic mass is 16.6. The molecule has 0 saturated heterocycles. The highest BCUT2D eigenvalue weighted by Gasteiger charge is 2.20. The summed E-state index contributed by atoms with van der Waals surface area (Å²) in [5.41, 5.74) is 1.85. The minimum Gasteiger partial charge on any atom is -0.484 e. The fraction of sp³-hybridized carbons (Fsp3) is 0.286. The number of amides is 1. The van der Waals surface area contributed by atoms with E-state index in [1.807, 2.05) is 30.3 Å². The SMILES string of the molecule is COc1ccc2ncc(NC(=O)OC(C)(C)C)c(OCc3ccccc3)c2n1. The number of aromatic nitrogens is 2. The van der Waals surface area contributed by atoms with Gasteiger partial charge in [0, 0.05) is 6.07 Å². The lowest BCUT2D eigenvalue weighted by atomic mass is 10.2. The van der Waals surface area contributed by atoms with Crippen LogP contribution in [0.5, 0.6) is 11.6 Å². The van der Waals surface area contributed by atoms with Crippen molar-refractivity contribution in [2.45, 2.75) is 33.0 Å². The van der Waals surface area contributed by atoms with Crippen molar-refractivity contribution in [2.75, 3.05) is 12.4 Å². The molecule has 0 aliphatic carbocycles. The Labute approximate surface area is 163 Å². The van der Waals surface area contributed by atoms with Crippen LogP contribution in [0.2, 0.25) is 0 Å². The largest absolute Gasteiger partial charge is 0.484 e. The fourth-order valence-corrected chi connectivity index (χ4v) is 2.52. The van der Waals surface area contributed by atoms with Gasteiger partial charge in [0.1, 0.15) is 23.4 Å². The number of rotatable bonds is 5. The molecule has 1 N–H and O–H groups in total. The van der Waals surface area contributed by atoms with E-state index in [0.717, 1.165) is 5.56 Å². The molecular formula is C21H23N3O4. The Bertz CT molecular complexity index is 969. The summed E-state index contributed by atoms with van der Waals surface area (Å²) in [6, 6.07) is 13.2. The maximum Gasteiger partial charge on any atom is 0.412 e. The van der Waals surface area contributed by atoms with Crippen molar-refractivity contribution in [3.05, 3.63) is 54.2 Å². The van der Waals surface area contributed by atoms with E-state index in [2.05, 4.69) is 15.3 Å². The zero-order valence-electron chi connectivity index (χ0n) is 16.4. The van der Waals surface area contributed by atoms with Crippen molar-refractivity contribution in [2.24, 2.45) is 0 Å². The van der Waals surface area contributed by atoms with Gasteiger partial charge in [-0.2, -0.15) is 0 Å². The predicted molar refractivity (Wildman–Crippen MR) is 107 cm³/mol. The van der Waals surface area contributed by atoms with Gasteiger partial charge in [-0.25, -0.2) is 9.78 Å². The number of carbonyl (C=O) groups excluding carboxylic acids is 1. The van der Waals surface area contributed by atoms with Crippen molar-refractivity contribution in [1.82, 2.24) is 9.97 Å². The zero-order valence-corrected chi connectivity index (χ0v) is 16.4. The van der Waals surface area contributed by atoms with Gasteiger partial charge in [0.15, 0.2) is 5.75 Å². The number of nitrogens with zero attached hydrogens (tertiary/aromatic N) is 2. The first-order chi connectivity index (χ1) is 13.4. The Balaban J connectivity index is 1.97. The van der Waals surface area contributed by atoms with E-state index < -0.39 is 11.7 Å². The molecule has 28 heavy (non-hydrogen) atoms. The standard InChI is InChI=1S/C21H23N3O4/c1-21(2,3)28-20(25)23-16-12-22-15-10-11-17(26-4)24-18(15)19(16)27-13-14-8-6-5-7-9-14/h5-12H,13H2,1-4H3,(H,23,25). The summed E-state index contributed by atoms with van der Waals surface area (Å²) in [5.74, 6) is 0.826. The van der Waals surface area contributed by atoms with Crippen molar-refractivity contribution in [3.8, 4) is 11.6 Å². The predicted octanol–water partition coefficient (Wildman–Crippen LogP) is 4.56. The van der Waals surface area contributed by atoms with Crippen LogP contribution in [-0.2, 0) is 11.3 Å². The summed E-state index contributed by atoms with van der Waals surface area (Å²) in [4.78, 5) is 21.1. The maximum absolute atomic E-state index is 12.3. The molecule has 0 atom stereocenters. The second kappa shape index (κ2) is 8.12. The molecule has 0 aliphatic heterocycles. The molecule has 1 amide bonds. The molecule has 0 saturated carbocycles. The van der Waals surface area contributed by atoms with E-state index in [1.165, 1.54) is 13.3 Å². The molecule has 0 aliphatic rings. The van der Waals surface area contributed by atoms with E-state index in [4.69, 9.17) is 14.2 Å². The van der Waals surface area contributed by atoms with Crippen LogP contribution < -0.4 is 14.8 Å². The summed E-state index contributed by atoms with van der Waals surface area (Å²) in [6.45, 7) is 5.70. The Morgan fingerprint density at radius 1 is 1.11 bits per heavy atom. The van der Waals surface area contributed by atoms with Crippen LogP contribution in [0.3, 0.4) is 0 Å². The minimum atomic E-state index is -0.624. The number of methoxy groups -OCH3 is 1. The lowest BCUT2D eigenvalue weighted by Crippen LogP contribution is -2.27.